The van der Waals surface area contributed by atoms with Gasteiger partial charge in [0.2, 0.25) is 0 Å². The molecule has 0 N–H and O–H groups in total. The SMILES string of the molecule is CCCCCCCC(=O)OCCOCCOCCOCCOCCOCCOCCOCCOCCOCCOCCOCCCCCC. The van der Waals surface area contributed by atoms with E-state index < -0.39 is 0 Å². The average molecular weight is 713 g/mol. The van der Waals surface area contributed by atoms with Gasteiger partial charge in [-0.15, -0.1) is 0 Å². The summed E-state index contributed by atoms with van der Waals surface area (Å²) in [5.41, 5.74) is 0. The van der Waals surface area contributed by atoms with E-state index in [1.807, 2.05) is 0 Å². The Hall–Kier alpha value is -0.970. The zero-order chi connectivity index (χ0) is 35.4. The van der Waals surface area contributed by atoms with E-state index in [0.29, 0.717) is 145 Å². The van der Waals surface area contributed by atoms with E-state index in [2.05, 4.69) is 13.8 Å². The number of carbonyl (C=O) groups excluding carboxylic acids is 1. The molecule has 0 rings (SSSR count). The van der Waals surface area contributed by atoms with Crippen LogP contribution >= 0.6 is 0 Å². The Morgan fingerprint density at radius 1 is 0.286 bits per heavy atom. The van der Waals surface area contributed by atoms with Crippen molar-refractivity contribution < 1.29 is 61.6 Å². The van der Waals surface area contributed by atoms with Gasteiger partial charge in [0.05, 0.1) is 139 Å². The van der Waals surface area contributed by atoms with Crippen molar-refractivity contribution in [2.24, 2.45) is 0 Å². The summed E-state index contributed by atoms with van der Waals surface area (Å²) in [4.78, 5) is 11.6. The minimum atomic E-state index is -0.146. The Morgan fingerprint density at radius 2 is 0.531 bits per heavy atom. The number of ether oxygens (including phenoxy) is 12. The molecule has 0 aromatic rings. The van der Waals surface area contributed by atoms with Crippen LogP contribution in [-0.2, 0) is 61.6 Å². The molecule has 0 unspecified atom stereocenters. The maximum atomic E-state index is 11.6. The van der Waals surface area contributed by atoms with Gasteiger partial charge in [-0.05, 0) is 12.8 Å². The van der Waals surface area contributed by atoms with E-state index in [4.69, 9.17) is 56.8 Å². The monoisotopic (exact) mass is 712 g/mol. The second-order valence-electron chi connectivity index (χ2n) is 11.2. The van der Waals surface area contributed by atoms with Gasteiger partial charge in [-0.2, -0.15) is 0 Å². The lowest BCUT2D eigenvalue weighted by atomic mass is 10.1. The molecule has 0 atom stereocenters. The lowest BCUT2D eigenvalue weighted by Gasteiger charge is -2.09. The molecule has 0 aliphatic rings. The summed E-state index contributed by atoms with van der Waals surface area (Å²) in [5.74, 6) is -0.146. The quantitative estimate of drug-likeness (QED) is 0.0643. The number of rotatable bonds is 44. The lowest BCUT2D eigenvalue weighted by Crippen LogP contribution is -2.15. The first kappa shape index (κ1) is 48.0. The van der Waals surface area contributed by atoms with Crippen molar-refractivity contribution in [2.45, 2.75) is 78.1 Å². The number of esters is 1. The molecular formula is C36H72O13. The highest BCUT2D eigenvalue weighted by Crippen LogP contribution is 2.05. The maximum absolute atomic E-state index is 11.6. The van der Waals surface area contributed by atoms with Gasteiger partial charge in [0.25, 0.3) is 0 Å². The van der Waals surface area contributed by atoms with Crippen molar-refractivity contribution in [3.63, 3.8) is 0 Å². The van der Waals surface area contributed by atoms with Gasteiger partial charge in [0.15, 0.2) is 0 Å². The highest BCUT2D eigenvalue weighted by Gasteiger charge is 2.02. The van der Waals surface area contributed by atoms with Crippen LogP contribution in [-0.4, -0.2) is 158 Å². The van der Waals surface area contributed by atoms with Gasteiger partial charge in [-0.25, -0.2) is 0 Å². The molecule has 0 bridgehead atoms. The zero-order valence-corrected chi connectivity index (χ0v) is 31.1. The molecule has 0 aromatic heterocycles. The van der Waals surface area contributed by atoms with E-state index in [0.717, 1.165) is 25.9 Å². The standard InChI is InChI=1S/C36H72O13/c1-3-5-7-9-10-12-36(37)49-35-34-48-33-32-47-31-30-46-29-28-45-27-26-44-25-24-43-23-22-42-21-20-41-19-18-40-17-16-39-15-14-38-13-11-8-6-4-2/h3-35H2,1-2H3. The second-order valence-corrected chi connectivity index (χ2v) is 11.2. The van der Waals surface area contributed by atoms with Crippen molar-refractivity contribution >= 4 is 5.97 Å². The minimum Gasteiger partial charge on any atom is -0.463 e. The van der Waals surface area contributed by atoms with Gasteiger partial charge < -0.3 is 56.8 Å². The van der Waals surface area contributed by atoms with Gasteiger partial charge >= 0.3 is 5.97 Å². The fraction of sp³-hybridized carbons (Fsp3) is 0.972. The van der Waals surface area contributed by atoms with Crippen molar-refractivity contribution in [1.82, 2.24) is 0 Å². The van der Waals surface area contributed by atoms with E-state index >= 15 is 0 Å². The van der Waals surface area contributed by atoms with Crippen molar-refractivity contribution in [1.29, 1.82) is 0 Å². The third-order valence-electron chi connectivity index (χ3n) is 6.84. The van der Waals surface area contributed by atoms with Crippen LogP contribution < -0.4 is 0 Å². The highest BCUT2D eigenvalue weighted by atomic mass is 16.6. The van der Waals surface area contributed by atoms with Crippen LogP contribution in [0.1, 0.15) is 78.1 Å². The van der Waals surface area contributed by atoms with Crippen molar-refractivity contribution in [2.75, 3.05) is 152 Å². The minimum absolute atomic E-state index is 0.146. The molecule has 294 valence electrons. The van der Waals surface area contributed by atoms with E-state index in [1.165, 1.54) is 38.5 Å². The van der Waals surface area contributed by atoms with Gasteiger partial charge in [0, 0.05) is 13.0 Å². The summed E-state index contributed by atoms with van der Waals surface area (Å²) in [5, 5.41) is 0. The molecule has 0 heterocycles. The van der Waals surface area contributed by atoms with Crippen LogP contribution in [0, 0.1) is 0 Å². The smallest absolute Gasteiger partial charge is 0.305 e. The molecule has 13 heteroatoms. The first-order chi connectivity index (χ1) is 24.3. The third kappa shape index (κ3) is 45.0. The summed E-state index contributed by atoms with van der Waals surface area (Å²) >= 11 is 0. The Balaban J connectivity index is 3.08. The first-order valence-electron chi connectivity index (χ1n) is 18.8. The summed E-state index contributed by atoms with van der Waals surface area (Å²) in [6, 6.07) is 0. The molecule has 0 radical (unpaired) electrons. The maximum Gasteiger partial charge on any atom is 0.305 e. The highest BCUT2D eigenvalue weighted by molar-refractivity contribution is 5.69. The third-order valence-corrected chi connectivity index (χ3v) is 6.84. The molecule has 0 aliphatic carbocycles. The molecule has 0 spiro atoms. The van der Waals surface area contributed by atoms with Gasteiger partial charge in [-0.1, -0.05) is 58.8 Å². The zero-order valence-electron chi connectivity index (χ0n) is 31.1. The van der Waals surface area contributed by atoms with E-state index in [1.54, 1.807) is 0 Å². The normalized spacial score (nSPS) is 11.5. The van der Waals surface area contributed by atoms with Crippen LogP contribution in [0.15, 0.2) is 0 Å². The van der Waals surface area contributed by atoms with Crippen LogP contribution in [0.2, 0.25) is 0 Å². The topological polar surface area (TPSA) is 128 Å². The predicted molar refractivity (Wildman–Crippen MR) is 187 cm³/mol. The Labute approximate surface area is 297 Å². The molecule has 0 saturated carbocycles. The van der Waals surface area contributed by atoms with E-state index in [-0.39, 0.29) is 12.6 Å². The predicted octanol–water partition coefficient (Wildman–Crippen LogP) is 4.65. The van der Waals surface area contributed by atoms with Crippen LogP contribution in [0.4, 0.5) is 0 Å². The largest absolute Gasteiger partial charge is 0.463 e. The molecular weight excluding hydrogens is 640 g/mol. The summed E-state index contributed by atoms with van der Waals surface area (Å²) in [6.45, 7) is 16.3. The molecule has 0 saturated heterocycles. The van der Waals surface area contributed by atoms with Crippen molar-refractivity contribution in [3.05, 3.63) is 0 Å². The second kappa shape index (κ2) is 45.1. The summed E-state index contributed by atoms with van der Waals surface area (Å²) < 4.78 is 65.4. The molecule has 0 aliphatic heterocycles. The van der Waals surface area contributed by atoms with Crippen LogP contribution in [0.25, 0.3) is 0 Å². The Kier molecular flexibility index (Phi) is 44.2. The van der Waals surface area contributed by atoms with Crippen molar-refractivity contribution in [3.8, 4) is 0 Å². The Morgan fingerprint density at radius 3 is 0.837 bits per heavy atom. The molecule has 49 heavy (non-hydrogen) atoms. The molecule has 13 nitrogen and oxygen atoms in total. The van der Waals surface area contributed by atoms with Gasteiger partial charge in [-0.3, -0.25) is 4.79 Å². The van der Waals surface area contributed by atoms with Gasteiger partial charge in [0.1, 0.15) is 6.61 Å². The average Bonchev–Trinajstić information content (AvgIpc) is 3.11. The molecule has 0 aromatic carbocycles. The number of carbonyl (C=O) groups is 1. The fourth-order valence-electron chi connectivity index (χ4n) is 4.09. The molecule has 0 fully saturated rings. The number of unbranched alkanes of at least 4 members (excludes halogenated alkanes) is 7. The number of hydrogen-bond donors (Lipinski definition) is 0. The summed E-state index contributed by atoms with van der Waals surface area (Å²) in [7, 11) is 0. The summed E-state index contributed by atoms with van der Waals surface area (Å²) in [6.07, 6.45) is 11.0. The van der Waals surface area contributed by atoms with Crippen LogP contribution in [0.5, 0.6) is 0 Å². The Bertz CT molecular complexity index is 615. The lowest BCUT2D eigenvalue weighted by molar-refractivity contribution is -0.145. The van der Waals surface area contributed by atoms with E-state index in [9.17, 15) is 4.79 Å². The number of hydrogen-bond acceptors (Lipinski definition) is 13. The fourth-order valence-corrected chi connectivity index (χ4v) is 4.09. The van der Waals surface area contributed by atoms with Crippen LogP contribution in [0.3, 0.4) is 0 Å². The molecule has 0 amide bonds. The first-order valence-corrected chi connectivity index (χ1v) is 18.8.